The number of hydrogen-bond acceptors (Lipinski definition) is 4. The smallest absolute Gasteiger partial charge is 0.322 e. The van der Waals surface area contributed by atoms with Gasteiger partial charge in [-0.25, -0.2) is 0 Å². The minimum absolute atomic E-state index is 0.351. The van der Waals surface area contributed by atoms with Crippen molar-refractivity contribution in [1.29, 1.82) is 0 Å². The molecule has 0 aliphatic heterocycles. The molecule has 23 heavy (non-hydrogen) atoms. The van der Waals surface area contributed by atoms with Crippen molar-refractivity contribution in [3.05, 3.63) is 46.8 Å². The van der Waals surface area contributed by atoms with Gasteiger partial charge in [0.2, 0.25) is 0 Å². The molecular weight excluding hydrogens is 310 g/mol. The Morgan fingerprint density at radius 1 is 1.22 bits per heavy atom. The van der Waals surface area contributed by atoms with E-state index in [0.29, 0.717) is 10.9 Å². The van der Waals surface area contributed by atoms with Crippen LogP contribution in [0.3, 0.4) is 0 Å². The second-order valence-corrected chi connectivity index (χ2v) is 6.92. The molecule has 0 radical (unpaired) electrons. The van der Waals surface area contributed by atoms with Crippen LogP contribution in [0.2, 0.25) is 0 Å². The van der Waals surface area contributed by atoms with Crippen LogP contribution in [0.5, 0.6) is 5.75 Å². The van der Waals surface area contributed by atoms with Crippen molar-refractivity contribution in [2.24, 2.45) is 0 Å². The van der Waals surface area contributed by atoms with Crippen LogP contribution in [-0.4, -0.2) is 26.6 Å². The minimum Gasteiger partial charge on any atom is -0.609 e. The number of methoxy groups -OCH3 is 1. The number of H-pyrrole nitrogens is 1. The van der Waals surface area contributed by atoms with E-state index >= 15 is 0 Å². The van der Waals surface area contributed by atoms with Gasteiger partial charge in [-0.15, -0.1) is 0 Å². The van der Waals surface area contributed by atoms with Gasteiger partial charge in [0, 0.05) is 23.4 Å². The molecule has 0 unspecified atom stereocenters. The van der Waals surface area contributed by atoms with Crippen LogP contribution in [0.25, 0.3) is 11.0 Å². The molecule has 5 nitrogen and oxygen atoms in total. The summed E-state index contributed by atoms with van der Waals surface area (Å²) in [5.41, 5.74) is 5.88. The van der Waals surface area contributed by atoms with Gasteiger partial charge in [0.1, 0.15) is 5.75 Å². The zero-order chi connectivity index (χ0) is 16.6. The van der Waals surface area contributed by atoms with E-state index < -0.39 is 11.2 Å². The third-order valence-electron chi connectivity index (χ3n) is 4.15. The van der Waals surface area contributed by atoms with Crippen LogP contribution in [0.15, 0.2) is 29.6 Å². The quantitative estimate of drug-likeness (QED) is 0.746. The molecule has 3 aromatic rings. The summed E-state index contributed by atoms with van der Waals surface area (Å²) in [6.07, 6.45) is 1.83. The summed E-state index contributed by atoms with van der Waals surface area (Å²) < 4.78 is 17.8. The fourth-order valence-corrected chi connectivity index (χ4v) is 3.52. The van der Waals surface area contributed by atoms with Gasteiger partial charge in [-0.2, -0.15) is 4.98 Å². The lowest BCUT2D eigenvalue weighted by atomic mass is 10.1. The van der Waals surface area contributed by atoms with Crippen LogP contribution in [0.1, 0.15) is 22.4 Å². The molecule has 0 fully saturated rings. The number of pyridine rings is 1. The van der Waals surface area contributed by atoms with Gasteiger partial charge in [-0.1, -0.05) is 0 Å². The van der Waals surface area contributed by atoms with Crippen LogP contribution in [0.4, 0.5) is 0 Å². The maximum Gasteiger partial charge on any atom is 0.322 e. The van der Waals surface area contributed by atoms with E-state index in [9.17, 15) is 4.55 Å². The molecule has 0 amide bonds. The largest absolute Gasteiger partial charge is 0.609 e. The first kappa shape index (κ1) is 15.8. The SMILES string of the molecule is COc1ccc2[nH]c([S@@+]([O-])Cc3ncc(C)c(C)c3C)nc2c1. The van der Waals surface area contributed by atoms with Crippen molar-refractivity contribution < 1.29 is 9.29 Å². The summed E-state index contributed by atoms with van der Waals surface area (Å²) in [6.45, 7) is 6.11. The lowest BCUT2D eigenvalue weighted by Gasteiger charge is -2.11. The highest BCUT2D eigenvalue weighted by Crippen LogP contribution is 2.23. The Labute approximate surface area is 138 Å². The summed E-state index contributed by atoms with van der Waals surface area (Å²) in [5.74, 6) is 1.08. The molecule has 6 heteroatoms. The molecule has 120 valence electrons. The molecule has 0 aliphatic rings. The maximum absolute atomic E-state index is 12.6. The highest BCUT2D eigenvalue weighted by Gasteiger charge is 2.20. The topological polar surface area (TPSA) is 73.9 Å². The lowest BCUT2D eigenvalue weighted by Crippen LogP contribution is -2.10. The molecule has 3 rings (SSSR count). The van der Waals surface area contributed by atoms with Crippen LogP contribution in [-0.2, 0) is 16.9 Å². The number of ether oxygens (including phenoxy) is 1. The molecule has 1 N–H and O–H groups in total. The Balaban J connectivity index is 1.88. The van der Waals surface area contributed by atoms with Gasteiger partial charge in [0.25, 0.3) is 0 Å². The van der Waals surface area contributed by atoms with Gasteiger partial charge >= 0.3 is 5.16 Å². The van der Waals surface area contributed by atoms with Gasteiger partial charge in [-0.3, -0.25) is 9.97 Å². The monoisotopic (exact) mass is 329 g/mol. The summed E-state index contributed by atoms with van der Waals surface area (Å²) in [4.78, 5) is 12.0. The van der Waals surface area contributed by atoms with E-state index in [1.165, 1.54) is 5.56 Å². The number of nitrogens with zero attached hydrogens (tertiary/aromatic N) is 2. The summed E-state index contributed by atoms with van der Waals surface area (Å²) in [5, 5.41) is 0.465. The number of fused-ring (bicyclic) bond motifs is 1. The Morgan fingerprint density at radius 3 is 2.74 bits per heavy atom. The molecule has 0 spiro atoms. The third-order valence-corrected chi connectivity index (χ3v) is 5.31. The minimum atomic E-state index is -1.27. The molecule has 0 bridgehead atoms. The first-order valence-electron chi connectivity index (χ1n) is 7.33. The zero-order valence-corrected chi connectivity index (χ0v) is 14.5. The third kappa shape index (κ3) is 3.04. The molecular formula is C17H19N3O2S. The Morgan fingerprint density at radius 2 is 2.00 bits per heavy atom. The number of benzene rings is 1. The van der Waals surface area contributed by atoms with Gasteiger partial charge in [0.15, 0.2) is 5.75 Å². The number of aromatic nitrogens is 3. The van der Waals surface area contributed by atoms with E-state index in [2.05, 4.69) is 21.9 Å². The predicted molar refractivity (Wildman–Crippen MR) is 91.2 cm³/mol. The highest BCUT2D eigenvalue weighted by molar-refractivity contribution is 7.90. The lowest BCUT2D eigenvalue weighted by molar-refractivity contribution is 0.415. The van der Waals surface area contributed by atoms with Crippen LogP contribution in [0, 0.1) is 20.8 Å². The molecule has 0 saturated carbocycles. The van der Waals surface area contributed by atoms with Gasteiger partial charge in [0.05, 0.1) is 23.8 Å². The summed E-state index contributed by atoms with van der Waals surface area (Å²) in [7, 11) is 1.61. The Hall–Kier alpha value is -2.05. The van der Waals surface area contributed by atoms with Crippen molar-refractivity contribution >= 4 is 22.2 Å². The van der Waals surface area contributed by atoms with E-state index in [1.54, 1.807) is 7.11 Å². The van der Waals surface area contributed by atoms with Crippen LogP contribution < -0.4 is 4.74 Å². The number of aryl methyl sites for hydroxylation is 1. The maximum atomic E-state index is 12.6. The van der Waals surface area contributed by atoms with Crippen molar-refractivity contribution in [1.82, 2.24) is 15.0 Å². The average molecular weight is 329 g/mol. The van der Waals surface area contributed by atoms with E-state index in [0.717, 1.165) is 33.6 Å². The number of nitrogens with one attached hydrogen (secondary N) is 1. The Bertz CT molecular complexity index is 860. The standard InChI is InChI=1S/C17H19N3O2S/c1-10-8-18-16(12(3)11(10)2)9-23(21)17-19-14-6-5-13(22-4)7-15(14)20-17/h5-8H,9H2,1-4H3,(H,19,20)/t23-/m0/s1. The molecule has 0 aliphatic carbocycles. The summed E-state index contributed by atoms with van der Waals surface area (Å²) in [6, 6.07) is 5.55. The average Bonchev–Trinajstić information content (AvgIpc) is 2.98. The van der Waals surface area contributed by atoms with Crippen molar-refractivity contribution in [2.45, 2.75) is 31.7 Å². The molecule has 2 heterocycles. The molecule has 2 aromatic heterocycles. The molecule has 1 atom stereocenters. The van der Waals surface area contributed by atoms with Gasteiger partial charge in [-0.05, 0) is 49.6 Å². The van der Waals surface area contributed by atoms with E-state index in [4.69, 9.17) is 4.74 Å². The Kier molecular flexibility index (Phi) is 4.28. The second-order valence-electron chi connectivity index (χ2n) is 5.55. The number of imidazole rings is 1. The van der Waals surface area contributed by atoms with E-state index in [-0.39, 0.29) is 0 Å². The summed E-state index contributed by atoms with van der Waals surface area (Å²) >= 11 is -1.27. The predicted octanol–water partition coefficient (Wildman–Crippen LogP) is 3.20. The van der Waals surface area contributed by atoms with E-state index in [1.807, 2.05) is 38.2 Å². The molecule has 0 saturated heterocycles. The first-order chi connectivity index (χ1) is 11.0. The molecule has 1 aromatic carbocycles. The van der Waals surface area contributed by atoms with Crippen molar-refractivity contribution in [3.63, 3.8) is 0 Å². The van der Waals surface area contributed by atoms with Crippen LogP contribution >= 0.6 is 0 Å². The number of aromatic amines is 1. The zero-order valence-electron chi connectivity index (χ0n) is 13.6. The first-order valence-corrected chi connectivity index (χ1v) is 8.65. The van der Waals surface area contributed by atoms with Gasteiger partial charge < -0.3 is 9.29 Å². The van der Waals surface area contributed by atoms with Crippen molar-refractivity contribution in [2.75, 3.05) is 7.11 Å². The fourth-order valence-electron chi connectivity index (χ4n) is 2.42. The number of hydrogen-bond donors (Lipinski definition) is 1. The second kappa shape index (κ2) is 6.22. The number of rotatable bonds is 4. The fraction of sp³-hybridized carbons (Fsp3) is 0.294. The normalized spacial score (nSPS) is 12.6. The van der Waals surface area contributed by atoms with Crippen molar-refractivity contribution in [3.8, 4) is 5.75 Å². The highest BCUT2D eigenvalue weighted by atomic mass is 32.2.